The molecular weight excluding hydrogens is 244 g/mol. The second-order valence-electron chi connectivity index (χ2n) is 3.52. The van der Waals surface area contributed by atoms with Crippen LogP contribution < -0.4 is 10.6 Å². The highest BCUT2D eigenvalue weighted by atomic mass is 32.2. The van der Waals surface area contributed by atoms with Crippen molar-refractivity contribution in [1.82, 2.24) is 15.5 Å². The maximum atomic E-state index is 11.8. The number of amides is 1. The lowest BCUT2D eigenvalue weighted by Gasteiger charge is -2.21. The Morgan fingerprint density at radius 2 is 2.12 bits per heavy atom. The van der Waals surface area contributed by atoms with Gasteiger partial charge in [0, 0.05) is 13.1 Å². The molecule has 1 aliphatic heterocycles. The molecule has 16 heavy (non-hydrogen) atoms. The summed E-state index contributed by atoms with van der Waals surface area (Å²) in [7, 11) is 1.76. The summed E-state index contributed by atoms with van der Waals surface area (Å²) in [6.45, 7) is 0. The maximum Gasteiger partial charge on any atom is 0.282 e. The van der Waals surface area contributed by atoms with Gasteiger partial charge in [-0.15, -0.1) is 10.2 Å². The topological polar surface area (TPSA) is 66.9 Å². The summed E-state index contributed by atoms with van der Waals surface area (Å²) < 4.78 is 0. The van der Waals surface area contributed by atoms with E-state index in [1.54, 1.807) is 7.05 Å². The molecule has 1 aliphatic rings. The molecule has 0 aromatic carbocycles. The van der Waals surface area contributed by atoms with Crippen LogP contribution in [0.25, 0.3) is 0 Å². The van der Waals surface area contributed by atoms with Crippen LogP contribution in [0.2, 0.25) is 0 Å². The van der Waals surface area contributed by atoms with Gasteiger partial charge in [0.05, 0.1) is 0 Å². The summed E-state index contributed by atoms with van der Waals surface area (Å²) in [5.41, 5.74) is 0. The zero-order valence-electron chi connectivity index (χ0n) is 9.02. The molecule has 0 bridgehead atoms. The van der Waals surface area contributed by atoms with E-state index in [2.05, 4.69) is 20.8 Å². The second kappa shape index (κ2) is 5.49. The van der Waals surface area contributed by atoms with Crippen molar-refractivity contribution >= 4 is 34.1 Å². The summed E-state index contributed by atoms with van der Waals surface area (Å²) in [4.78, 5) is 11.8. The Bertz CT molecular complexity index is 362. The molecule has 0 spiro atoms. The Hall–Kier alpha value is -0.820. The highest BCUT2D eigenvalue weighted by molar-refractivity contribution is 7.99. The average Bonchev–Trinajstić information content (AvgIpc) is 2.79. The molecule has 0 aliphatic carbocycles. The molecule has 1 aromatic rings. The van der Waals surface area contributed by atoms with E-state index in [1.807, 2.05) is 11.8 Å². The van der Waals surface area contributed by atoms with Crippen LogP contribution >= 0.6 is 23.1 Å². The number of rotatable bonds is 3. The number of carbonyl (C=O) groups is 1. The Kier molecular flexibility index (Phi) is 4.00. The molecule has 2 heterocycles. The van der Waals surface area contributed by atoms with Gasteiger partial charge < -0.3 is 10.6 Å². The molecule has 0 saturated carbocycles. The molecule has 1 amide bonds. The van der Waals surface area contributed by atoms with E-state index in [0.717, 1.165) is 24.3 Å². The fraction of sp³-hybridized carbons (Fsp3) is 0.667. The van der Waals surface area contributed by atoms with E-state index in [4.69, 9.17) is 0 Å². The standard InChI is InChI=1S/C9H14N4OS2/c1-10-9-13-12-8(16-9)7(14)11-6-2-4-15-5-3-6/h6H,2-5H2,1H3,(H,10,13)(H,11,14). The number of hydrogen-bond donors (Lipinski definition) is 2. The smallest absolute Gasteiger partial charge is 0.282 e. The molecule has 88 valence electrons. The molecule has 7 heteroatoms. The maximum absolute atomic E-state index is 11.8. The van der Waals surface area contributed by atoms with E-state index in [-0.39, 0.29) is 5.91 Å². The van der Waals surface area contributed by atoms with Gasteiger partial charge in [0.1, 0.15) is 0 Å². The number of anilines is 1. The summed E-state index contributed by atoms with van der Waals surface area (Å²) in [5, 5.41) is 14.7. The van der Waals surface area contributed by atoms with Gasteiger partial charge in [-0.1, -0.05) is 11.3 Å². The van der Waals surface area contributed by atoms with Gasteiger partial charge in [0.15, 0.2) is 0 Å². The minimum absolute atomic E-state index is 0.101. The van der Waals surface area contributed by atoms with Crippen molar-refractivity contribution in [2.24, 2.45) is 0 Å². The number of thioether (sulfide) groups is 1. The predicted octanol–water partition coefficient (Wildman–Crippen LogP) is 1.21. The van der Waals surface area contributed by atoms with Gasteiger partial charge >= 0.3 is 0 Å². The Labute approximate surface area is 102 Å². The van der Waals surface area contributed by atoms with E-state index in [9.17, 15) is 4.79 Å². The van der Waals surface area contributed by atoms with Crippen molar-refractivity contribution in [3.05, 3.63) is 5.01 Å². The van der Waals surface area contributed by atoms with Crippen molar-refractivity contribution in [2.45, 2.75) is 18.9 Å². The molecule has 0 radical (unpaired) electrons. The first-order chi connectivity index (χ1) is 7.79. The lowest BCUT2D eigenvalue weighted by molar-refractivity contribution is 0.0933. The van der Waals surface area contributed by atoms with Gasteiger partial charge in [-0.05, 0) is 24.3 Å². The van der Waals surface area contributed by atoms with Crippen LogP contribution in [0.5, 0.6) is 0 Å². The molecule has 1 saturated heterocycles. The Morgan fingerprint density at radius 1 is 1.38 bits per heavy atom. The molecule has 0 unspecified atom stereocenters. The third-order valence-corrected chi connectivity index (χ3v) is 4.38. The van der Waals surface area contributed by atoms with Crippen LogP contribution in [-0.2, 0) is 0 Å². The van der Waals surface area contributed by atoms with E-state index < -0.39 is 0 Å². The molecule has 0 atom stereocenters. The van der Waals surface area contributed by atoms with Crippen molar-refractivity contribution in [2.75, 3.05) is 23.9 Å². The van der Waals surface area contributed by atoms with Crippen molar-refractivity contribution in [3.8, 4) is 0 Å². The lowest BCUT2D eigenvalue weighted by atomic mass is 10.1. The molecule has 1 fully saturated rings. The van der Waals surface area contributed by atoms with Crippen LogP contribution in [0, 0.1) is 0 Å². The fourth-order valence-corrected chi connectivity index (χ4v) is 3.21. The zero-order chi connectivity index (χ0) is 11.4. The summed E-state index contributed by atoms with van der Waals surface area (Å²) in [6.07, 6.45) is 2.10. The normalized spacial score (nSPS) is 17.1. The number of nitrogens with zero attached hydrogens (tertiary/aromatic N) is 2. The van der Waals surface area contributed by atoms with Gasteiger partial charge in [-0.25, -0.2) is 0 Å². The Morgan fingerprint density at radius 3 is 2.75 bits per heavy atom. The highest BCUT2D eigenvalue weighted by Gasteiger charge is 2.19. The third-order valence-electron chi connectivity index (χ3n) is 2.39. The highest BCUT2D eigenvalue weighted by Crippen LogP contribution is 2.18. The van der Waals surface area contributed by atoms with E-state index >= 15 is 0 Å². The number of nitrogens with one attached hydrogen (secondary N) is 2. The molecular formula is C9H14N4OS2. The summed E-state index contributed by atoms with van der Waals surface area (Å²) >= 11 is 3.22. The van der Waals surface area contributed by atoms with Crippen LogP contribution in [0.3, 0.4) is 0 Å². The van der Waals surface area contributed by atoms with Gasteiger partial charge in [-0.2, -0.15) is 11.8 Å². The fourth-order valence-electron chi connectivity index (χ4n) is 1.51. The van der Waals surface area contributed by atoms with Crippen molar-refractivity contribution < 1.29 is 4.79 Å². The third kappa shape index (κ3) is 2.85. The Balaban J connectivity index is 1.91. The SMILES string of the molecule is CNc1nnc(C(=O)NC2CCSCC2)s1. The first-order valence-electron chi connectivity index (χ1n) is 5.19. The minimum Gasteiger partial charge on any atom is -0.363 e. The molecule has 2 rings (SSSR count). The van der Waals surface area contributed by atoms with E-state index in [1.165, 1.54) is 11.3 Å². The molecule has 5 nitrogen and oxygen atoms in total. The minimum atomic E-state index is -0.101. The van der Waals surface area contributed by atoms with Gasteiger partial charge in [0.2, 0.25) is 10.1 Å². The number of aromatic nitrogens is 2. The quantitative estimate of drug-likeness (QED) is 0.853. The number of carbonyl (C=O) groups excluding carboxylic acids is 1. The number of hydrogen-bond acceptors (Lipinski definition) is 6. The van der Waals surface area contributed by atoms with E-state index in [0.29, 0.717) is 16.2 Å². The summed E-state index contributed by atoms with van der Waals surface area (Å²) in [6, 6.07) is 0.302. The van der Waals surface area contributed by atoms with Crippen LogP contribution in [0.15, 0.2) is 0 Å². The van der Waals surface area contributed by atoms with Crippen molar-refractivity contribution in [1.29, 1.82) is 0 Å². The summed E-state index contributed by atoms with van der Waals surface area (Å²) in [5.74, 6) is 2.15. The van der Waals surface area contributed by atoms with Gasteiger partial charge in [-0.3, -0.25) is 4.79 Å². The largest absolute Gasteiger partial charge is 0.363 e. The second-order valence-corrected chi connectivity index (χ2v) is 5.72. The average molecular weight is 258 g/mol. The van der Waals surface area contributed by atoms with Crippen LogP contribution in [0.4, 0.5) is 5.13 Å². The first-order valence-corrected chi connectivity index (χ1v) is 7.16. The molecule has 2 N–H and O–H groups in total. The first kappa shape index (κ1) is 11.7. The van der Waals surface area contributed by atoms with Crippen molar-refractivity contribution in [3.63, 3.8) is 0 Å². The molecule has 1 aromatic heterocycles. The van der Waals surface area contributed by atoms with Crippen LogP contribution in [0.1, 0.15) is 22.6 Å². The van der Waals surface area contributed by atoms with Gasteiger partial charge in [0.25, 0.3) is 5.91 Å². The lowest BCUT2D eigenvalue weighted by Crippen LogP contribution is -2.37. The monoisotopic (exact) mass is 258 g/mol. The van der Waals surface area contributed by atoms with Crippen LogP contribution in [-0.4, -0.2) is 40.7 Å². The zero-order valence-corrected chi connectivity index (χ0v) is 10.7. The predicted molar refractivity (Wildman–Crippen MR) is 67.3 cm³/mol.